The average Bonchev–Trinajstić information content (AvgIpc) is 3.13. The van der Waals surface area contributed by atoms with Gasteiger partial charge in [0.15, 0.2) is 5.58 Å². The number of nitrogens with two attached hydrogens (primary N) is 1. The minimum Gasteiger partial charge on any atom is -0.439 e. The standard InChI is InChI=1S/C15H12N6O/c16-14-7-10(5-6-17-14)12-8-21(20-19-12)9-15-18-11-3-1-2-4-13(11)22-15/h1-8H,9H2,(H2,16,17). The molecular weight excluding hydrogens is 280 g/mol. The molecule has 1 aromatic carbocycles. The normalized spacial score (nSPS) is 11.1. The average molecular weight is 292 g/mol. The number of para-hydroxylation sites is 2. The number of hydrogen-bond acceptors (Lipinski definition) is 6. The largest absolute Gasteiger partial charge is 0.439 e. The molecule has 22 heavy (non-hydrogen) atoms. The van der Waals surface area contributed by atoms with E-state index in [9.17, 15) is 0 Å². The van der Waals surface area contributed by atoms with E-state index >= 15 is 0 Å². The van der Waals surface area contributed by atoms with Crippen LogP contribution in [-0.4, -0.2) is 25.0 Å². The molecule has 3 aromatic heterocycles. The zero-order chi connectivity index (χ0) is 14.9. The van der Waals surface area contributed by atoms with Crippen LogP contribution >= 0.6 is 0 Å². The number of aromatic nitrogens is 5. The van der Waals surface area contributed by atoms with Gasteiger partial charge in [0, 0.05) is 11.8 Å². The second kappa shape index (κ2) is 4.96. The fourth-order valence-electron chi connectivity index (χ4n) is 2.24. The van der Waals surface area contributed by atoms with Gasteiger partial charge in [-0.2, -0.15) is 0 Å². The van der Waals surface area contributed by atoms with Crippen LogP contribution in [-0.2, 0) is 6.54 Å². The van der Waals surface area contributed by atoms with E-state index in [-0.39, 0.29) is 0 Å². The van der Waals surface area contributed by atoms with Crippen molar-refractivity contribution in [1.29, 1.82) is 0 Å². The molecule has 3 heterocycles. The number of anilines is 1. The maximum Gasteiger partial charge on any atom is 0.217 e. The van der Waals surface area contributed by atoms with Crippen LogP contribution in [0.1, 0.15) is 5.89 Å². The topological polar surface area (TPSA) is 95.7 Å². The summed E-state index contributed by atoms with van der Waals surface area (Å²) in [4.78, 5) is 8.38. The van der Waals surface area contributed by atoms with Crippen molar-refractivity contribution in [3.8, 4) is 11.3 Å². The summed E-state index contributed by atoms with van der Waals surface area (Å²) in [6.45, 7) is 0.419. The van der Waals surface area contributed by atoms with Gasteiger partial charge in [0.2, 0.25) is 5.89 Å². The van der Waals surface area contributed by atoms with Crippen LogP contribution in [0.4, 0.5) is 5.82 Å². The minimum absolute atomic E-state index is 0.419. The van der Waals surface area contributed by atoms with Gasteiger partial charge in [-0.05, 0) is 24.3 Å². The lowest BCUT2D eigenvalue weighted by Crippen LogP contribution is -2.00. The van der Waals surface area contributed by atoms with E-state index in [0.717, 1.165) is 22.4 Å². The van der Waals surface area contributed by atoms with E-state index in [1.807, 2.05) is 36.5 Å². The first-order valence-corrected chi connectivity index (χ1v) is 6.74. The number of nitrogen functional groups attached to an aromatic ring is 1. The first-order valence-electron chi connectivity index (χ1n) is 6.74. The predicted molar refractivity (Wildman–Crippen MR) is 80.8 cm³/mol. The number of hydrogen-bond donors (Lipinski definition) is 1. The van der Waals surface area contributed by atoms with Crippen molar-refractivity contribution in [2.45, 2.75) is 6.54 Å². The van der Waals surface area contributed by atoms with E-state index in [2.05, 4.69) is 20.3 Å². The molecule has 4 aromatic rings. The van der Waals surface area contributed by atoms with Crippen LogP contribution in [0.25, 0.3) is 22.4 Å². The SMILES string of the molecule is Nc1cc(-c2cn(Cc3nc4ccccc4o3)nn2)ccn1. The number of nitrogens with zero attached hydrogens (tertiary/aromatic N) is 5. The zero-order valence-corrected chi connectivity index (χ0v) is 11.5. The minimum atomic E-state index is 0.419. The molecule has 0 spiro atoms. The predicted octanol–water partition coefficient (Wildman–Crippen LogP) is 2.11. The van der Waals surface area contributed by atoms with Gasteiger partial charge in [-0.15, -0.1) is 5.10 Å². The Bertz CT molecular complexity index is 909. The van der Waals surface area contributed by atoms with Crippen LogP contribution in [0.15, 0.2) is 53.2 Å². The van der Waals surface area contributed by atoms with Crippen molar-refractivity contribution in [2.75, 3.05) is 5.73 Å². The maximum absolute atomic E-state index is 5.68. The van der Waals surface area contributed by atoms with Crippen molar-refractivity contribution >= 4 is 16.9 Å². The smallest absolute Gasteiger partial charge is 0.217 e. The van der Waals surface area contributed by atoms with Crippen LogP contribution in [0.2, 0.25) is 0 Å². The molecular formula is C15H12N6O. The van der Waals surface area contributed by atoms with Crippen LogP contribution < -0.4 is 5.73 Å². The van der Waals surface area contributed by atoms with Crippen molar-refractivity contribution in [2.24, 2.45) is 0 Å². The monoisotopic (exact) mass is 292 g/mol. The summed E-state index contributed by atoms with van der Waals surface area (Å²) in [5, 5.41) is 8.23. The van der Waals surface area contributed by atoms with Crippen LogP contribution in [0, 0.1) is 0 Å². The van der Waals surface area contributed by atoms with Crippen molar-refractivity contribution < 1.29 is 4.42 Å². The third-order valence-electron chi connectivity index (χ3n) is 3.25. The molecule has 0 fully saturated rings. The van der Waals surface area contributed by atoms with Gasteiger partial charge >= 0.3 is 0 Å². The highest BCUT2D eigenvalue weighted by Crippen LogP contribution is 2.18. The molecule has 7 nitrogen and oxygen atoms in total. The summed E-state index contributed by atoms with van der Waals surface area (Å²) in [6, 6.07) is 11.2. The molecule has 0 amide bonds. The van der Waals surface area contributed by atoms with Crippen molar-refractivity contribution in [3.05, 3.63) is 54.7 Å². The van der Waals surface area contributed by atoms with Crippen LogP contribution in [0.5, 0.6) is 0 Å². The summed E-state index contributed by atoms with van der Waals surface area (Å²) < 4.78 is 7.35. The Balaban J connectivity index is 1.61. The molecule has 0 atom stereocenters. The second-order valence-electron chi connectivity index (χ2n) is 4.85. The summed E-state index contributed by atoms with van der Waals surface area (Å²) in [6.07, 6.45) is 3.47. The van der Waals surface area contributed by atoms with E-state index < -0.39 is 0 Å². The third kappa shape index (κ3) is 2.28. The summed E-state index contributed by atoms with van der Waals surface area (Å²) in [7, 11) is 0. The lowest BCUT2D eigenvalue weighted by atomic mass is 10.2. The van der Waals surface area contributed by atoms with E-state index in [1.165, 1.54) is 0 Å². The van der Waals surface area contributed by atoms with Crippen molar-refractivity contribution in [3.63, 3.8) is 0 Å². The Hall–Kier alpha value is -3.22. The number of rotatable bonds is 3. The quantitative estimate of drug-likeness (QED) is 0.621. The van der Waals surface area contributed by atoms with Crippen LogP contribution in [0.3, 0.4) is 0 Å². The Morgan fingerprint density at radius 3 is 2.95 bits per heavy atom. The molecule has 7 heteroatoms. The van der Waals surface area contributed by atoms with Gasteiger partial charge in [0.1, 0.15) is 23.6 Å². The third-order valence-corrected chi connectivity index (χ3v) is 3.25. The molecule has 0 radical (unpaired) electrons. The maximum atomic E-state index is 5.68. The molecule has 0 saturated carbocycles. The molecule has 0 bridgehead atoms. The summed E-state index contributed by atoms with van der Waals surface area (Å²) in [5.74, 6) is 1.04. The number of pyridine rings is 1. The number of fused-ring (bicyclic) bond motifs is 1. The van der Waals surface area contributed by atoms with E-state index in [0.29, 0.717) is 18.3 Å². The summed E-state index contributed by atoms with van der Waals surface area (Å²) >= 11 is 0. The molecule has 4 rings (SSSR count). The Morgan fingerprint density at radius 1 is 1.18 bits per heavy atom. The summed E-state index contributed by atoms with van der Waals surface area (Å²) in [5.41, 5.74) is 8.87. The van der Waals surface area contributed by atoms with Gasteiger partial charge in [-0.3, -0.25) is 0 Å². The Labute approximate surface area is 125 Å². The number of benzene rings is 1. The first-order chi connectivity index (χ1) is 10.8. The molecule has 0 aliphatic rings. The lowest BCUT2D eigenvalue weighted by Gasteiger charge is -1.96. The van der Waals surface area contributed by atoms with E-state index in [1.54, 1.807) is 16.9 Å². The second-order valence-corrected chi connectivity index (χ2v) is 4.85. The highest BCUT2D eigenvalue weighted by Gasteiger charge is 2.09. The molecule has 0 aliphatic heterocycles. The van der Waals surface area contributed by atoms with Gasteiger partial charge in [-0.1, -0.05) is 17.3 Å². The Morgan fingerprint density at radius 2 is 2.09 bits per heavy atom. The van der Waals surface area contributed by atoms with Gasteiger partial charge in [0.25, 0.3) is 0 Å². The zero-order valence-electron chi connectivity index (χ0n) is 11.5. The van der Waals surface area contributed by atoms with Gasteiger partial charge < -0.3 is 10.2 Å². The molecule has 0 aliphatic carbocycles. The lowest BCUT2D eigenvalue weighted by molar-refractivity contribution is 0.485. The highest BCUT2D eigenvalue weighted by atomic mass is 16.3. The highest BCUT2D eigenvalue weighted by molar-refractivity contribution is 5.72. The first kappa shape index (κ1) is 12.5. The van der Waals surface area contributed by atoms with Crippen molar-refractivity contribution in [1.82, 2.24) is 25.0 Å². The molecule has 0 saturated heterocycles. The molecule has 0 unspecified atom stereocenters. The molecule has 108 valence electrons. The van der Waals surface area contributed by atoms with Gasteiger partial charge in [0.05, 0.1) is 6.20 Å². The fourth-order valence-corrected chi connectivity index (χ4v) is 2.24. The van der Waals surface area contributed by atoms with Gasteiger partial charge in [-0.25, -0.2) is 14.6 Å². The Kier molecular flexibility index (Phi) is 2.82. The van der Waals surface area contributed by atoms with E-state index in [4.69, 9.17) is 10.2 Å². The molecule has 2 N–H and O–H groups in total. The number of oxazole rings is 1. The fraction of sp³-hybridized carbons (Fsp3) is 0.0667.